The van der Waals surface area contributed by atoms with Gasteiger partial charge in [0, 0.05) is 19.9 Å². The highest BCUT2D eigenvalue weighted by molar-refractivity contribution is 5.80. The van der Waals surface area contributed by atoms with Crippen molar-refractivity contribution in [1.82, 2.24) is 20.1 Å². The molecule has 2 aliphatic rings. The number of halogens is 3. The number of alkyl halides is 3. The van der Waals surface area contributed by atoms with Crippen molar-refractivity contribution in [3.63, 3.8) is 0 Å². The number of pyridine rings is 1. The van der Waals surface area contributed by atoms with Crippen molar-refractivity contribution >= 4 is 5.91 Å². The van der Waals surface area contributed by atoms with Gasteiger partial charge in [-0.3, -0.25) is 9.78 Å². The summed E-state index contributed by atoms with van der Waals surface area (Å²) in [5, 5.41) is 8.08. The van der Waals surface area contributed by atoms with Gasteiger partial charge >= 0.3 is 6.18 Å². The summed E-state index contributed by atoms with van der Waals surface area (Å²) in [4.78, 5) is 18.6. The Morgan fingerprint density at radius 3 is 2.89 bits per heavy atom. The van der Waals surface area contributed by atoms with Crippen LogP contribution in [0, 0.1) is 5.92 Å². The van der Waals surface area contributed by atoms with E-state index < -0.39 is 17.3 Å². The standard InChI is InChI=1S/C18H19F3N4O3/c1-27-10-14-23-24-16(28-14)17-5-2-11(17)4-7-25(17)15(26)9-13-8-12(3-6-22-13)18(19,20)21/h3,6,8,11H,2,4-5,7,9-10H2,1H3/t11-,17-/m0/s1. The molecule has 0 N–H and O–H groups in total. The molecule has 1 amide bonds. The average molecular weight is 396 g/mol. The lowest BCUT2D eigenvalue weighted by molar-refractivity contribution is -0.142. The van der Waals surface area contributed by atoms with Gasteiger partial charge in [0.1, 0.15) is 12.1 Å². The number of carbonyl (C=O) groups is 1. The summed E-state index contributed by atoms with van der Waals surface area (Å²) in [5.74, 6) is 0.623. The SMILES string of the molecule is COCc1nnc([C@]23CC[C@H]2CCN3C(=O)Cc2cc(C(F)(F)F)ccn2)o1. The van der Waals surface area contributed by atoms with Crippen molar-refractivity contribution in [2.45, 2.75) is 44.0 Å². The number of methoxy groups -OCH3 is 1. The third-order valence-corrected chi connectivity index (χ3v) is 5.61. The predicted molar refractivity (Wildman–Crippen MR) is 88.7 cm³/mol. The van der Waals surface area contributed by atoms with E-state index in [0.29, 0.717) is 24.7 Å². The van der Waals surface area contributed by atoms with Crippen molar-refractivity contribution in [1.29, 1.82) is 0 Å². The fourth-order valence-corrected chi connectivity index (χ4v) is 4.20. The minimum Gasteiger partial charge on any atom is -0.420 e. The van der Waals surface area contributed by atoms with E-state index >= 15 is 0 Å². The van der Waals surface area contributed by atoms with Crippen LogP contribution < -0.4 is 0 Å². The Morgan fingerprint density at radius 1 is 1.39 bits per heavy atom. The molecule has 0 aromatic carbocycles. The number of ether oxygens (including phenoxy) is 1. The van der Waals surface area contributed by atoms with Crippen LogP contribution in [-0.2, 0) is 34.3 Å². The molecule has 0 spiro atoms. The highest BCUT2D eigenvalue weighted by Crippen LogP contribution is 2.56. The second-order valence-electron chi connectivity index (χ2n) is 7.14. The fourth-order valence-electron chi connectivity index (χ4n) is 4.20. The highest BCUT2D eigenvalue weighted by Gasteiger charge is 2.61. The van der Waals surface area contributed by atoms with Crippen molar-refractivity contribution in [2.75, 3.05) is 13.7 Å². The maximum absolute atomic E-state index is 13.0. The Balaban J connectivity index is 1.57. The van der Waals surface area contributed by atoms with Crippen LogP contribution in [0.3, 0.4) is 0 Å². The van der Waals surface area contributed by atoms with Gasteiger partial charge in [-0.15, -0.1) is 10.2 Å². The zero-order chi connectivity index (χ0) is 19.9. The summed E-state index contributed by atoms with van der Waals surface area (Å²) < 4.78 is 49.5. The Hall–Kier alpha value is -2.49. The van der Waals surface area contributed by atoms with E-state index in [-0.39, 0.29) is 30.5 Å². The second-order valence-corrected chi connectivity index (χ2v) is 7.14. The molecule has 1 saturated heterocycles. The van der Waals surface area contributed by atoms with E-state index in [1.807, 2.05) is 0 Å². The van der Waals surface area contributed by atoms with Gasteiger partial charge in [0.2, 0.25) is 17.7 Å². The van der Waals surface area contributed by atoms with E-state index in [1.165, 1.54) is 7.11 Å². The molecule has 4 rings (SSSR count). The van der Waals surface area contributed by atoms with Gasteiger partial charge in [0.25, 0.3) is 0 Å². The molecule has 0 radical (unpaired) electrons. The zero-order valence-electron chi connectivity index (χ0n) is 15.2. The van der Waals surface area contributed by atoms with Crippen molar-refractivity contribution in [2.24, 2.45) is 5.92 Å². The third kappa shape index (κ3) is 3.05. The molecule has 2 aromatic heterocycles. The molecule has 150 valence electrons. The number of fused-ring (bicyclic) bond motifs is 1. The zero-order valence-corrected chi connectivity index (χ0v) is 15.2. The lowest BCUT2D eigenvalue weighted by Crippen LogP contribution is -2.54. The number of aromatic nitrogens is 3. The Morgan fingerprint density at radius 2 is 2.21 bits per heavy atom. The first-order valence-corrected chi connectivity index (χ1v) is 8.99. The van der Waals surface area contributed by atoms with Crippen LogP contribution in [0.25, 0.3) is 0 Å². The van der Waals surface area contributed by atoms with Crippen LogP contribution in [0.4, 0.5) is 13.2 Å². The molecule has 10 heteroatoms. The molecule has 0 bridgehead atoms. The van der Waals surface area contributed by atoms with Crippen LogP contribution in [-0.4, -0.2) is 39.6 Å². The van der Waals surface area contributed by atoms with E-state index in [9.17, 15) is 18.0 Å². The Bertz CT molecular complexity index is 885. The van der Waals surface area contributed by atoms with Crippen molar-refractivity contribution in [3.05, 3.63) is 41.4 Å². The van der Waals surface area contributed by atoms with Crippen molar-refractivity contribution < 1.29 is 27.1 Å². The van der Waals surface area contributed by atoms with Crippen LogP contribution in [0.1, 0.15) is 42.3 Å². The predicted octanol–water partition coefficient (Wildman–Crippen LogP) is 2.71. The smallest absolute Gasteiger partial charge is 0.416 e. The van der Waals surface area contributed by atoms with Crippen LogP contribution in [0.2, 0.25) is 0 Å². The van der Waals surface area contributed by atoms with E-state index in [4.69, 9.17) is 9.15 Å². The summed E-state index contributed by atoms with van der Waals surface area (Å²) in [5.41, 5.74) is -1.40. The quantitative estimate of drug-likeness (QED) is 0.773. The monoisotopic (exact) mass is 396 g/mol. The van der Waals surface area contributed by atoms with E-state index in [0.717, 1.165) is 31.2 Å². The number of hydrogen-bond acceptors (Lipinski definition) is 6. The van der Waals surface area contributed by atoms with E-state index in [2.05, 4.69) is 15.2 Å². The average Bonchev–Trinajstić information content (AvgIpc) is 3.17. The summed E-state index contributed by atoms with van der Waals surface area (Å²) in [6, 6.07) is 1.81. The molecular weight excluding hydrogens is 377 g/mol. The first-order chi connectivity index (χ1) is 13.3. The summed E-state index contributed by atoms with van der Waals surface area (Å²) in [6.07, 6.45) is -1.19. The van der Waals surface area contributed by atoms with Crippen LogP contribution in [0.5, 0.6) is 0 Å². The number of amides is 1. The molecular formula is C18H19F3N4O3. The number of nitrogens with zero attached hydrogens (tertiary/aromatic N) is 4. The van der Waals surface area contributed by atoms with Gasteiger partial charge in [0.05, 0.1) is 17.7 Å². The molecule has 2 atom stereocenters. The molecule has 1 aliphatic heterocycles. The second kappa shape index (κ2) is 6.84. The molecule has 1 saturated carbocycles. The molecule has 3 heterocycles. The summed E-state index contributed by atoms with van der Waals surface area (Å²) in [6.45, 7) is 0.681. The van der Waals surface area contributed by atoms with Gasteiger partial charge in [0.15, 0.2) is 0 Å². The van der Waals surface area contributed by atoms with Gasteiger partial charge < -0.3 is 14.1 Å². The lowest BCUT2D eigenvalue weighted by atomic mass is 9.67. The van der Waals surface area contributed by atoms with Gasteiger partial charge in [-0.1, -0.05) is 0 Å². The molecule has 1 aliphatic carbocycles. The third-order valence-electron chi connectivity index (χ3n) is 5.61. The first kappa shape index (κ1) is 18.9. The summed E-state index contributed by atoms with van der Waals surface area (Å²) >= 11 is 0. The Kier molecular flexibility index (Phi) is 4.60. The number of rotatable bonds is 5. The number of hydrogen-bond donors (Lipinski definition) is 0. The van der Waals surface area contributed by atoms with E-state index in [1.54, 1.807) is 4.90 Å². The van der Waals surface area contributed by atoms with Gasteiger partial charge in [-0.2, -0.15) is 13.2 Å². The van der Waals surface area contributed by atoms with Gasteiger partial charge in [-0.05, 0) is 37.3 Å². The maximum atomic E-state index is 13.0. The molecule has 7 nitrogen and oxygen atoms in total. The van der Waals surface area contributed by atoms with Crippen molar-refractivity contribution in [3.8, 4) is 0 Å². The lowest BCUT2D eigenvalue weighted by Gasteiger charge is -2.47. The highest BCUT2D eigenvalue weighted by atomic mass is 19.4. The maximum Gasteiger partial charge on any atom is 0.416 e. The first-order valence-electron chi connectivity index (χ1n) is 8.99. The molecule has 2 fully saturated rings. The number of likely N-dealkylation sites (tertiary alicyclic amines) is 1. The van der Waals surface area contributed by atoms with Gasteiger partial charge in [-0.25, -0.2) is 0 Å². The molecule has 2 aromatic rings. The minimum atomic E-state index is -4.48. The largest absolute Gasteiger partial charge is 0.420 e. The number of carbonyl (C=O) groups excluding carboxylic acids is 1. The topological polar surface area (TPSA) is 81.4 Å². The van der Waals surface area contributed by atoms with Crippen LogP contribution >= 0.6 is 0 Å². The fraction of sp³-hybridized carbons (Fsp3) is 0.556. The van der Waals surface area contributed by atoms with Crippen LogP contribution in [0.15, 0.2) is 22.7 Å². The molecule has 0 unspecified atom stereocenters. The Labute approximate surface area is 158 Å². The molecule has 28 heavy (non-hydrogen) atoms. The minimum absolute atomic E-state index is 0.0864. The summed E-state index contributed by atoms with van der Waals surface area (Å²) in [7, 11) is 1.52. The normalized spacial score (nSPS) is 24.1.